The molecule has 0 heterocycles. The van der Waals surface area contributed by atoms with Gasteiger partial charge in [0.2, 0.25) is 11.8 Å². The lowest BCUT2D eigenvalue weighted by atomic mass is 10.2. The van der Waals surface area contributed by atoms with Crippen LogP contribution in [-0.2, 0) is 9.59 Å². The number of rotatable bonds is 2. The quantitative estimate of drug-likeness (QED) is 0.618. The van der Waals surface area contributed by atoms with Crippen LogP contribution in [-0.4, -0.2) is 11.8 Å². The maximum absolute atomic E-state index is 10.8. The Morgan fingerprint density at radius 1 is 1.40 bits per heavy atom. The number of hydrogen-bond acceptors (Lipinski definition) is 2. The van der Waals surface area contributed by atoms with Crippen molar-refractivity contribution in [1.29, 1.82) is 0 Å². The van der Waals surface area contributed by atoms with Gasteiger partial charge in [0.15, 0.2) is 0 Å². The van der Waals surface area contributed by atoms with Gasteiger partial charge in [-0.3, -0.25) is 14.9 Å². The van der Waals surface area contributed by atoms with Crippen molar-refractivity contribution in [3.63, 3.8) is 0 Å². The summed E-state index contributed by atoms with van der Waals surface area (Å²) in [6.07, 6.45) is 0.360. The van der Waals surface area contributed by atoms with Crippen LogP contribution in [0.4, 0.5) is 0 Å². The highest BCUT2D eigenvalue weighted by molar-refractivity contribution is 5.95. The molecule has 2 amide bonds. The summed E-state index contributed by atoms with van der Waals surface area (Å²) in [4.78, 5) is 21.4. The van der Waals surface area contributed by atoms with E-state index in [1.807, 2.05) is 0 Å². The summed E-state index contributed by atoms with van der Waals surface area (Å²) in [6.45, 7) is 5.21. The first-order valence-electron chi connectivity index (χ1n) is 3.41. The molecule has 0 saturated heterocycles. The lowest BCUT2D eigenvalue weighted by molar-refractivity contribution is -0.132. The third-order valence-corrected chi connectivity index (χ3v) is 1.11. The van der Waals surface area contributed by atoms with E-state index in [0.717, 1.165) is 0 Å². The monoisotopic (exact) mass is 143 g/mol. The molecule has 0 atom stereocenters. The van der Waals surface area contributed by atoms with Crippen molar-refractivity contribution in [2.24, 2.45) is 5.92 Å². The normalized spacial score (nSPS) is 9.60. The Kier molecular flexibility index (Phi) is 3.69. The molecule has 58 valence electrons. The molecule has 3 heteroatoms. The Bertz CT molecular complexity index is 141. The van der Waals surface area contributed by atoms with Crippen molar-refractivity contribution in [3.05, 3.63) is 0 Å². The number of imide groups is 1. The van der Waals surface area contributed by atoms with Crippen LogP contribution in [0.2, 0.25) is 0 Å². The zero-order chi connectivity index (χ0) is 8.15. The van der Waals surface area contributed by atoms with Crippen LogP contribution in [0, 0.1) is 5.92 Å². The largest absolute Gasteiger partial charge is 0.296 e. The molecule has 0 aromatic carbocycles. The third-order valence-electron chi connectivity index (χ3n) is 1.11. The van der Waals surface area contributed by atoms with Crippen LogP contribution in [0.5, 0.6) is 0 Å². The van der Waals surface area contributed by atoms with Crippen molar-refractivity contribution in [2.75, 3.05) is 0 Å². The van der Waals surface area contributed by atoms with Gasteiger partial charge in [-0.05, 0) is 0 Å². The summed E-state index contributed by atoms with van der Waals surface area (Å²) >= 11 is 0. The van der Waals surface area contributed by atoms with Gasteiger partial charge >= 0.3 is 0 Å². The van der Waals surface area contributed by atoms with Crippen molar-refractivity contribution in [1.82, 2.24) is 5.32 Å². The van der Waals surface area contributed by atoms with Crippen LogP contribution in [0.1, 0.15) is 27.2 Å². The lowest BCUT2D eigenvalue weighted by Gasteiger charge is -2.03. The van der Waals surface area contributed by atoms with Crippen molar-refractivity contribution >= 4 is 11.8 Å². The maximum atomic E-state index is 10.8. The van der Waals surface area contributed by atoms with E-state index in [0.29, 0.717) is 6.42 Å². The van der Waals surface area contributed by atoms with E-state index in [9.17, 15) is 9.59 Å². The first kappa shape index (κ1) is 9.14. The second-order valence-corrected chi connectivity index (χ2v) is 2.42. The fourth-order valence-corrected chi connectivity index (χ4v) is 0.370. The Morgan fingerprint density at radius 2 is 1.90 bits per heavy atom. The second kappa shape index (κ2) is 4.04. The molecule has 0 aliphatic heterocycles. The van der Waals surface area contributed by atoms with E-state index in [1.165, 1.54) is 0 Å². The molecular weight excluding hydrogens is 130 g/mol. The van der Waals surface area contributed by atoms with Gasteiger partial charge in [-0.25, -0.2) is 0 Å². The van der Waals surface area contributed by atoms with Crippen LogP contribution in [0.3, 0.4) is 0 Å². The minimum Gasteiger partial charge on any atom is -0.296 e. The highest BCUT2D eigenvalue weighted by Crippen LogP contribution is 1.90. The number of carbonyl (C=O) groups excluding carboxylic acids is 2. The van der Waals surface area contributed by atoms with Crippen molar-refractivity contribution in [2.45, 2.75) is 27.2 Å². The van der Waals surface area contributed by atoms with Crippen LogP contribution in [0.25, 0.3) is 0 Å². The minimum absolute atomic E-state index is 0.115. The SMILES string of the molecule is CCC(=O)NC(=O)C(C)C. The summed E-state index contributed by atoms with van der Waals surface area (Å²) in [5, 5.41) is 2.25. The smallest absolute Gasteiger partial charge is 0.229 e. The highest BCUT2D eigenvalue weighted by Gasteiger charge is 2.08. The predicted octanol–water partition coefficient (Wildman–Crippen LogP) is 0.695. The lowest BCUT2D eigenvalue weighted by Crippen LogP contribution is -2.32. The molecular formula is C7H13NO2. The summed E-state index contributed by atoms with van der Waals surface area (Å²) in [6, 6.07) is 0. The average Bonchev–Trinajstić information content (AvgIpc) is 1.87. The highest BCUT2D eigenvalue weighted by atomic mass is 16.2. The van der Waals surface area contributed by atoms with Crippen molar-refractivity contribution < 1.29 is 9.59 Å². The zero-order valence-electron chi connectivity index (χ0n) is 6.60. The van der Waals surface area contributed by atoms with Crippen molar-refractivity contribution in [3.8, 4) is 0 Å². The van der Waals surface area contributed by atoms with Gasteiger partial charge in [-0.1, -0.05) is 20.8 Å². The maximum Gasteiger partial charge on any atom is 0.229 e. The molecule has 0 saturated carbocycles. The number of nitrogens with one attached hydrogen (secondary N) is 1. The summed E-state index contributed by atoms with van der Waals surface area (Å²) in [7, 11) is 0. The molecule has 0 radical (unpaired) electrons. The van der Waals surface area contributed by atoms with Gasteiger partial charge in [0.1, 0.15) is 0 Å². The van der Waals surface area contributed by atoms with Crippen LogP contribution >= 0.6 is 0 Å². The van der Waals surface area contributed by atoms with Gasteiger partial charge in [0.25, 0.3) is 0 Å². The first-order chi connectivity index (χ1) is 4.57. The Morgan fingerprint density at radius 3 is 2.20 bits per heavy atom. The standard InChI is InChI=1S/C7H13NO2/c1-4-6(9)8-7(10)5(2)3/h5H,4H2,1-3H3,(H,8,9,10). The predicted molar refractivity (Wildman–Crippen MR) is 38.3 cm³/mol. The van der Waals surface area contributed by atoms with Gasteiger partial charge in [-0.15, -0.1) is 0 Å². The minimum atomic E-state index is -0.210. The second-order valence-electron chi connectivity index (χ2n) is 2.42. The zero-order valence-corrected chi connectivity index (χ0v) is 6.60. The molecule has 10 heavy (non-hydrogen) atoms. The fourth-order valence-electron chi connectivity index (χ4n) is 0.370. The molecule has 3 nitrogen and oxygen atoms in total. The molecule has 0 aliphatic carbocycles. The Hall–Kier alpha value is -0.860. The molecule has 0 unspecified atom stereocenters. The number of amides is 2. The van der Waals surface area contributed by atoms with E-state index in [1.54, 1.807) is 20.8 Å². The van der Waals surface area contributed by atoms with E-state index in [-0.39, 0.29) is 17.7 Å². The molecule has 0 rings (SSSR count). The van der Waals surface area contributed by atoms with Gasteiger partial charge < -0.3 is 0 Å². The molecule has 0 aromatic rings. The molecule has 0 fully saturated rings. The topological polar surface area (TPSA) is 46.2 Å². The van der Waals surface area contributed by atoms with Gasteiger partial charge in [0, 0.05) is 12.3 Å². The Balaban J connectivity index is 3.69. The van der Waals surface area contributed by atoms with Gasteiger partial charge in [0.05, 0.1) is 0 Å². The van der Waals surface area contributed by atoms with Gasteiger partial charge in [-0.2, -0.15) is 0 Å². The molecule has 0 bridgehead atoms. The first-order valence-corrected chi connectivity index (χ1v) is 3.41. The van der Waals surface area contributed by atoms with Crippen LogP contribution < -0.4 is 5.32 Å². The van der Waals surface area contributed by atoms with E-state index < -0.39 is 0 Å². The average molecular weight is 143 g/mol. The summed E-state index contributed by atoms with van der Waals surface area (Å²) < 4.78 is 0. The van der Waals surface area contributed by atoms with Crippen LogP contribution in [0.15, 0.2) is 0 Å². The fraction of sp³-hybridized carbons (Fsp3) is 0.714. The molecule has 0 aliphatic rings. The molecule has 1 N–H and O–H groups in total. The van der Waals surface area contributed by atoms with E-state index >= 15 is 0 Å². The summed E-state index contributed by atoms with van der Waals surface area (Å²) in [5.41, 5.74) is 0. The molecule has 0 spiro atoms. The Labute approximate surface area is 60.8 Å². The number of carbonyl (C=O) groups is 2. The molecule has 0 aromatic heterocycles. The summed E-state index contributed by atoms with van der Waals surface area (Å²) in [5.74, 6) is -0.527. The third kappa shape index (κ3) is 3.22. The number of hydrogen-bond donors (Lipinski definition) is 1. The van der Waals surface area contributed by atoms with E-state index in [4.69, 9.17) is 0 Å². The van der Waals surface area contributed by atoms with E-state index in [2.05, 4.69) is 5.32 Å².